The minimum absolute atomic E-state index is 0.139. The first-order chi connectivity index (χ1) is 11.1. The Morgan fingerprint density at radius 1 is 1.22 bits per heavy atom. The molecule has 2 aromatic heterocycles. The van der Waals surface area contributed by atoms with Crippen LogP contribution >= 0.6 is 22.9 Å². The smallest absolute Gasteiger partial charge is 0.263 e. The maximum absolute atomic E-state index is 12.4. The van der Waals surface area contributed by atoms with Crippen molar-refractivity contribution < 1.29 is 4.79 Å². The van der Waals surface area contributed by atoms with Gasteiger partial charge in [-0.2, -0.15) is 0 Å². The summed E-state index contributed by atoms with van der Waals surface area (Å²) in [4.78, 5) is 21.5. The average molecular weight is 344 g/mol. The fourth-order valence-corrected chi connectivity index (χ4v) is 3.31. The minimum Gasteiger partial charge on any atom is -0.347 e. The predicted octanol–water partition coefficient (Wildman–Crippen LogP) is 4.10. The summed E-state index contributed by atoms with van der Waals surface area (Å²) in [5, 5.41) is 4.35. The standard InChI is InChI=1S/C17H14ClN3OS/c1-11-15(23-17(21-11)12-6-8-19-9-7-12)16(22)20-10-13-4-2-3-5-14(13)18/h2-9H,10H2,1H3,(H,20,22). The van der Waals surface area contributed by atoms with Crippen molar-refractivity contribution in [3.63, 3.8) is 0 Å². The van der Waals surface area contributed by atoms with E-state index in [1.54, 1.807) is 12.4 Å². The summed E-state index contributed by atoms with van der Waals surface area (Å²) in [6.07, 6.45) is 3.42. The second-order valence-electron chi connectivity index (χ2n) is 4.94. The van der Waals surface area contributed by atoms with Gasteiger partial charge in [-0.1, -0.05) is 29.8 Å². The van der Waals surface area contributed by atoms with Gasteiger partial charge in [0, 0.05) is 29.5 Å². The molecule has 1 amide bonds. The maximum atomic E-state index is 12.4. The number of benzene rings is 1. The van der Waals surface area contributed by atoms with Gasteiger partial charge in [0.05, 0.1) is 5.69 Å². The number of nitrogens with one attached hydrogen (secondary N) is 1. The van der Waals surface area contributed by atoms with Gasteiger partial charge in [0.25, 0.3) is 5.91 Å². The second kappa shape index (κ2) is 6.89. The van der Waals surface area contributed by atoms with Crippen LogP contribution in [0.25, 0.3) is 10.6 Å². The Kier molecular flexibility index (Phi) is 4.69. The molecule has 0 aliphatic heterocycles. The van der Waals surface area contributed by atoms with Crippen LogP contribution in [0.15, 0.2) is 48.8 Å². The molecule has 2 heterocycles. The SMILES string of the molecule is Cc1nc(-c2ccncc2)sc1C(=O)NCc1ccccc1Cl. The van der Waals surface area contributed by atoms with Gasteiger partial charge in [-0.05, 0) is 30.7 Å². The third-order valence-corrected chi connectivity index (χ3v) is 4.90. The molecule has 1 aromatic carbocycles. The van der Waals surface area contributed by atoms with Gasteiger partial charge < -0.3 is 5.32 Å². The molecule has 0 saturated carbocycles. The van der Waals surface area contributed by atoms with E-state index in [4.69, 9.17) is 11.6 Å². The van der Waals surface area contributed by atoms with E-state index in [9.17, 15) is 4.79 Å². The van der Waals surface area contributed by atoms with Crippen LogP contribution in [0, 0.1) is 6.92 Å². The Morgan fingerprint density at radius 2 is 1.96 bits per heavy atom. The van der Waals surface area contributed by atoms with Crippen LogP contribution in [0.5, 0.6) is 0 Å². The summed E-state index contributed by atoms with van der Waals surface area (Å²) in [7, 11) is 0. The molecule has 0 atom stereocenters. The summed E-state index contributed by atoms with van der Waals surface area (Å²) in [5.74, 6) is -0.139. The molecule has 0 aliphatic carbocycles. The van der Waals surface area contributed by atoms with Crippen molar-refractivity contribution in [2.45, 2.75) is 13.5 Å². The third kappa shape index (κ3) is 3.57. The number of pyridine rings is 1. The van der Waals surface area contributed by atoms with Crippen LogP contribution in [0.3, 0.4) is 0 Å². The average Bonchev–Trinajstić information content (AvgIpc) is 2.97. The number of aryl methyl sites for hydroxylation is 1. The van der Waals surface area contributed by atoms with E-state index in [1.807, 2.05) is 43.3 Å². The molecule has 0 fully saturated rings. The first-order valence-corrected chi connectivity index (χ1v) is 8.24. The van der Waals surface area contributed by atoms with Gasteiger partial charge in [0.1, 0.15) is 9.88 Å². The zero-order chi connectivity index (χ0) is 16.2. The van der Waals surface area contributed by atoms with Crippen molar-refractivity contribution in [2.24, 2.45) is 0 Å². The predicted molar refractivity (Wildman–Crippen MR) is 92.7 cm³/mol. The second-order valence-corrected chi connectivity index (χ2v) is 6.35. The van der Waals surface area contributed by atoms with Gasteiger partial charge in [-0.3, -0.25) is 9.78 Å². The molecule has 0 aliphatic rings. The van der Waals surface area contributed by atoms with Crippen molar-refractivity contribution in [1.29, 1.82) is 0 Å². The summed E-state index contributed by atoms with van der Waals surface area (Å²) >= 11 is 7.48. The number of carbonyl (C=O) groups is 1. The number of hydrogen-bond acceptors (Lipinski definition) is 4. The Labute approximate surface area is 143 Å². The number of carbonyl (C=O) groups excluding carboxylic acids is 1. The first kappa shape index (κ1) is 15.6. The number of halogens is 1. The summed E-state index contributed by atoms with van der Waals surface area (Å²) in [5.41, 5.74) is 2.57. The molecule has 4 nitrogen and oxygen atoms in total. The van der Waals surface area contributed by atoms with E-state index in [2.05, 4.69) is 15.3 Å². The van der Waals surface area contributed by atoms with Gasteiger partial charge in [-0.25, -0.2) is 4.98 Å². The van der Waals surface area contributed by atoms with Crippen molar-refractivity contribution in [2.75, 3.05) is 0 Å². The maximum Gasteiger partial charge on any atom is 0.263 e. The van der Waals surface area contributed by atoms with Crippen LogP contribution < -0.4 is 5.32 Å². The van der Waals surface area contributed by atoms with Crippen LogP contribution in [-0.2, 0) is 6.54 Å². The Hall–Kier alpha value is -2.24. The normalized spacial score (nSPS) is 10.5. The number of aromatic nitrogens is 2. The van der Waals surface area contributed by atoms with Crippen molar-refractivity contribution in [1.82, 2.24) is 15.3 Å². The van der Waals surface area contributed by atoms with Crippen molar-refractivity contribution in [3.05, 3.63) is 69.9 Å². The lowest BCUT2D eigenvalue weighted by atomic mass is 10.2. The fourth-order valence-electron chi connectivity index (χ4n) is 2.12. The molecular formula is C17H14ClN3OS. The fraction of sp³-hybridized carbons (Fsp3) is 0.118. The van der Waals surface area contributed by atoms with E-state index in [1.165, 1.54) is 11.3 Å². The van der Waals surface area contributed by atoms with Crippen LogP contribution in [0.1, 0.15) is 20.9 Å². The number of rotatable bonds is 4. The molecule has 116 valence electrons. The largest absolute Gasteiger partial charge is 0.347 e. The van der Waals surface area contributed by atoms with E-state index >= 15 is 0 Å². The van der Waals surface area contributed by atoms with Crippen LogP contribution in [0.4, 0.5) is 0 Å². The molecule has 23 heavy (non-hydrogen) atoms. The first-order valence-electron chi connectivity index (χ1n) is 7.04. The van der Waals surface area contributed by atoms with E-state index in [-0.39, 0.29) is 5.91 Å². The highest BCUT2D eigenvalue weighted by molar-refractivity contribution is 7.17. The summed E-state index contributed by atoms with van der Waals surface area (Å²) in [6, 6.07) is 11.2. The zero-order valence-corrected chi connectivity index (χ0v) is 14.0. The van der Waals surface area contributed by atoms with Crippen LogP contribution in [0.2, 0.25) is 5.02 Å². The lowest BCUT2D eigenvalue weighted by Crippen LogP contribution is -2.22. The molecule has 0 saturated heterocycles. The molecule has 3 rings (SSSR count). The highest BCUT2D eigenvalue weighted by atomic mass is 35.5. The highest BCUT2D eigenvalue weighted by Crippen LogP contribution is 2.27. The van der Waals surface area contributed by atoms with E-state index < -0.39 is 0 Å². The van der Waals surface area contributed by atoms with Crippen molar-refractivity contribution >= 4 is 28.8 Å². The molecule has 0 radical (unpaired) electrons. The Balaban J connectivity index is 1.75. The molecule has 6 heteroatoms. The summed E-state index contributed by atoms with van der Waals surface area (Å²) < 4.78 is 0. The van der Waals surface area contributed by atoms with Gasteiger partial charge in [0.15, 0.2) is 0 Å². The number of hydrogen-bond donors (Lipinski definition) is 1. The van der Waals surface area contributed by atoms with Crippen molar-refractivity contribution in [3.8, 4) is 10.6 Å². The molecular weight excluding hydrogens is 330 g/mol. The zero-order valence-electron chi connectivity index (χ0n) is 12.4. The molecule has 3 aromatic rings. The lowest BCUT2D eigenvalue weighted by molar-refractivity contribution is 0.0954. The Morgan fingerprint density at radius 3 is 2.70 bits per heavy atom. The summed E-state index contributed by atoms with van der Waals surface area (Å²) in [6.45, 7) is 2.23. The molecule has 1 N–H and O–H groups in total. The number of nitrogens with zero attached hydrogens (tertiary/aromatic N) is 2. The van der Waals surface area contributed by atoms with Gasteiger partial charge in [0.2, 0.25) is 0 Å². The molecule has 0 unspecified atom stereocenters. The topological polar surface area (TPSA) is 54.9 Å². The van der Waals surface area contributed by atoms with E-state index in [0.717, 1.165) is 21.8 Å². The number of amides is 1. The van der Waals surface area contributed by atoms with Gasteiger partial charge >= 0.3 is 0 Å². The van der Waals surface area contributed by atoms with Crippen LogP contribution in [-0.4, -0.2) is 15.9 Å². The molecule has 0 spiro atoms. The lowest BCUT2D eigenvalue weighted by Gasteiger charge is -2.05. The van der Waals surface area contributed by atoms with E-state index in [0.29, 0.717) is 16.4 Å². The quantitative estimate of drug-likeness (QED) is 0.776. The Bertz CT molecular complexity index is 833. The monoisotopic (exact) mass is 343 g/mol. The minimum atomic E-state index is -0.139. The molecule has 0 bridgehead atoms. The van der Waals surface area contributed by atoms with Gasteiger partial charge in [-0.15, -0.1) is 11.3 Å². The highest BCUT2D eigenvalue weighted by Gasteiger charge is 2.16. The third-order valence-electron chi connectivity index (χ3n) is 3.33. The number of thiazole rings is 1.